The molecule has 2 aliphatic rings. The summed E-state index contributed by atoms with van der Waals surface area (Å²) in [5, 5.41) is 12.7. The summed E-state index contributed by atoms with van der Waals surface area (Å²) in [4.78, 5) is 12.0. The Labute approximate surface area is 96.6 Å². The fourth-order valence-corrected chi connectivity index (χ4v) is 2.47. The molecule has 0 radical (unpaired) electrons. The quantitative estimate of drug-likeness (QED) is 0.657. The largest absolute Gasteiger partial charge is 0.391 e. The number of nitrogens with one attached hydrogen (secondary N) is 1. The Hall–Kier alpha value is -0.610. The van der Waals surface area contributed by atoms with Crippen LogP contribution in [-0.4, -0.2) is 28.7 Å². The molecule has 0 heterocycles. The van der Waals surface area contributed by atoms with Gasteiger partial charge in [0.15, 0.2) is 0 Å². The molecule has 4 nitrogen and oxygen atoms in total. The number of aliphatic hydroxyl groups is 1. The molecule has 2 aliphatic carbocycles. The van der Waals surface area contributed by atoms with Gasteiger partial charge in [-0.1, -0.05) is 12.8 Å². The second-order valence-corrected chi connectivity index (χ2v) is 5.49. The summed E-state index contributed by atoms with van der Waals surface area (Å²) in [6, 6.07) is -0.0946. The van der Waals surface area contributed by atoms with Crippen molar-refractivity contribution < 1.29 is 9.90 Å². The molecule has 4 heteroatoms. The number of aliphatic hydroxyl groups excluding tert-OH is 1. The van der Waals surface area contributed by atoms with Crippen LogP contribution < -0.4 is 11.1 Å². The third kappa shape index (κ3) is 2.38. The van der Waals surface area contributed by atoms with Crippen molar-refractivity contribution in [3.05, 3.63) is 0 Å². The molecule has 2 saturated carbocycles. The standard InChI is InChI=1S/C12H22N2O2/c1-12(13,8-6-7-8)11(16)14-9-4-2-3-5-10(9)15/h8-10,15H,2-7,13H2,1H3,(H,14,16)/t9-,10-,12?/m0/s1. The highest BCUT2D eigenvalue weighted by Gasteiger charge is 2.44. The van der Waals surface area contributed by atoms with Crippen molar-refractivity contribution in [1.82, 2.24) is 5.32 Å². The summed E-state index contributed by atoms with van der Waals surface area (Å²) >= 11 is 0. The number of nitrogens with two attached hydrogens (primary N) is 1. The Morgan fingerprint density at radius 3 is 2.50 bits per heavy atom. The zero-order valence-corrected chi connectivity index (χ0v) is 9.91. The van der Waals surface area contributed by atoms with Crippen LogP contribution in [0.2, 0.25) is 0 Å². The van der Waals surface area contributed by atoms with Gasteiger partial charge in [0.25, 0.3) is 0 Å². The van der Waals surface area contributed by atoms with Crippen molar-refractivity contribution in [3.63, 3.8) is 0 Å². The number of carbonyl (C=O) groups is 1. The van der Waals surface area contributed by atoms with Crippen LogP contribution in [0.3, 0.4) is 0 Å². The van der Waals surface area contributed by atoms with Gasteiger partial charge in [-0.25, -0.2) is 0 Å². The SMILES string of the molecule is CC(N)(C(=O)N[C@H]1CCCC[C@@H]1O)C1CC1. The fourth-order valence-electron chi connectivity index (χ4n) is 2.47. The van der Waals surface area contributed by atoms with E-state index in [4.69, 9.17) is 5.73 Å². The molecular formula is C12H22N2O2. The summed E-state index contributed by atoms with van der Waals surface area (Å²) in [5.74, 6) is 0.231. The van der Waals surface area contributed by atoms with Crippen LogP contribution in [0.1, 0.15) is 45.4 Å². The van der Waals surface area contributed by atoms with Gasteiger partial charge in [-0.3, -0.25) is 4.79 Å². The molecule has 92 valence electrons. The summed E-state index contributed by atoms with van der Waals surface area (Å²) in [6.45, 7) is 1.80. The van der Waals surface area contributed by atoms with Crippen molar-refractivity contribution in [2.24, 2.45) is 11.7 Å². The molecule has 0 saturated heterocycles. The minimum absolute atomic E-state index is 0.0946. The summed E-state index contributed by atoms with van der Waals surface area (Å²) < 4.78 is 0. The van der Waals surface area contributed by atoms with Crippen molar-refractivity contribution in [3.8, 4) is 0 Å². The lowest BCUT2D eigenvalue weighted by Gasteiger charge is -2.32. The first kappa shape index (κ1) is 11.9. The van der Waals surface area contributed by atoms with Gasteiger partial charge in [0.2, 0.25) is 5.91 Å². The van der Waals surface area contributed by atoms with Gasteiger partial charge < -0.3 is 16.2 Å². The topological polar surface area (TPSA) is 75.4 Å². The van der Waals surface area contributed by atoms with E-state index in [0.29, 0.717) is 5.92 Å². The van der Waals surface area contributed by atoms with Crippen molar-refractivity contribution >= 4 is 5.91 Å². The summed E-state index contributed by atoms with van der Waals surface area (Å²) in [7, 11) is 0. The lowest BCUT2D eigenvalue weighted by Crippen LogP contribution is -2.58. The molecule has 1 unspecified atom stereocenters. The van der Waals surface area contributed by atoms with Crippen LogP contribution in [0, 0.1) is 5.92 Å². The van der Waals surface area contributed by atoms with E-state index in [0.717, 1.165) is 38.5 Å². The first-order valence-corrected chi connectivity index (χ1v) is 6.29. The van der Waals surface area contributed by atoms with E-state index in [1.54, 1.807) is 6.92 Å². The third-order valence-corrected chi connectivity index (χ3v) is 3.96. The van der Waals surface area contributed by atoms with E-state index >= 15 is 0 Å². The number of carbonyl (C=O) groups excluding carboxylic acids is 1. The fraction of sp³-hybridized carbons (Fsp3) is 0.917. The number of hydrogen-bond donors (Lipinski definition) is 3. The molecule has 0 aliphatic heterocycles. The Balaban J connectivity index is 1.90. The molecular weight excluding hydrogens is 204 g/mol. The maximum Gasteiger partial charge on any atom is 0.240 e. The average Bonchev–Trinajstić information content (AvgIpc) is 3.04. The third-order valence-electron chi connectivity index (χ3n) is 3.96. The minimum Gasteiger partial charge on any atom is -0.391 e. The second kappa shape index (κ2) is 4.34. The van der Waals surface area contributed by atoms with Gasteiger partial charge in [-0.15, -0.1) is 0 Å². The highest BCUT2D eigenvalue weighted by molar-refractivity contribution is 5.86. The van der Waals surface area contributed by atoms with Crippen molar-refractivity contribution in [2.45, 2.75) is 63.1 Å². The van der Waals surface area contributed by atoms with Gasteiger partial charge in [0, 0.05) is 0 Å². The van der Waals surface area contributed by atoms with E-state index in [-0.39, 0.29) is 11.9 Å². The highest BCUT2D eigenvalue weighted by Crippen LogP contribution is 2.38. The highest BCUT2D eigenvalue weighted by atomic mass is 16.3. The average molecular weight is 226 g/mol. The molecule has 4 N–H and O–H groups in total. The Kier molecular flexibility index (Phi) is 3.22. The van der Waals surface area contributed by atoms with Gasteiger partial charge in [-0.2, -0.15) is 0 Å². The van der Waals surface area contributed by atoms with E-state index in [1.807, 2.05) is 0 Å². The van der Waals surface area contributed by atoms with Crippen LogP contribution in [0.15, 0.2) is 0 Å². The van der Waals surface area contributed by atoms with E-state index in [1.165, 1.54) is 0 Å². The summed E-state index contributed by atoms with van der Waals surface area (Å²) in [6.07, 6.45) is 5.49. The predicted octanol–water partition coefficient (Wildman–Crippen LogP) is 0.533. The second-order valence-electron chi connectivity index (χ2n) is 5.49. The maximum atomic E-state index is 12.0. The Morgan fingerprint density at radius 2 is 1.94 bits per heavy atom. The predicted molar refractivity (Wildman–Crippen MR) is 61.7 cm³/mol. The number of rotatable bonds is 3. The maximum absolute atomic E-state index is 12.0. The molecule has 0 aromatic carbocycles. The van der Waals surface area contributed by atoms with Gasteiger partial charge in [0.1, 0.15) is 0 Å². The number of amides is 1. The van der Waals surface area contributed by atoms with Gasteiger partial charge >= 0.3 is 0 Å². The lowest BCUT2D eigenvalue weighted by molar-refractivity contribution is -0.128. The molecule has 3 atom stereocenters. The van der Waals surface area contributed by atoms with Crippen LogP contribution in [0.25, 0.3) is 0 Å². The molecule has 2 rings (SSSR count). The lowest BCUT2D eigenvalue weighted by atomic mass is 9.90. The molecule has 0 bridgehead atoms. The smallest absolute Gasteiger partial charge is 0.240 e. The first-order chi connectivity index (χ1) is 7.51. The van der Waals surface area contributed by atoms with E-state index in [9.17, 15) is 9.90 Å². The number of hydrogen-bond acceptors (Lipinski definition) is 3. The normalized spacial score (nSPS) is 34.2. The van der Waals surface area contributed by atoms with Crippen LogP contribution in [0.4, 0.5) is 0 Å². The molecule has 2 fully saturated rings. The molecule has 0 aromatic heterocycles. The first-order valence-electron chi connectivity index (χ1n) is 6.29. The van der Waals surface area contributed by atoms with Crippen molar-refractivity contribution in [1.29, 1.82) is 0 Å². The van der Waals surface area contributed by atoms with E-state index in [2.05, 4.69) is 5.32 Å². The van der Waals surface area contributed by atoms with Crippen LogP contribution >= 0.6 is 0 Å². The van der Waals surface area contributed by atoms with Crippen LogP contribution in [0.5, 0.6) is 0 Å². The Morgan fingerprint density at radius 1 is 1.31 bits per heavy atom. The monoisotopic (exact) mass is 226 g/mol. The minimum atomic E-state index is -0.753. The van der Waals surface area contributed by atoms with Crippen LogP contribution in [-0.2, 0) is 4.79 Å². The summed E-state index contributed by atoms with van der Waals surface area (Å²) in [5.41, 5.74) is 5.28. The van der Waals surface area contributed by atoms with Gasteiger partial charge in [-0.05, 0) is 38.5 Å². The van der Waals surface area contributed by atoms with Crippen molar-refractivity contribution in [2.75, 3.05) is 0 Å². The molecule has 0 spiro atoms. The van der Waals surface area contributed by atoms with E-state index < -0.39 is 11.6 Å². The Bertz CT molecular complexity index is 274. The zero-order chi connectivity index (χ0) is 11.8. The molecule has 0 aromatic rings. The zero-order valence-electron chi connectivity index (χ0n) is 9.91. The molecule has 16 heavy (non-hydrogen) atoms. The van der Waals surface area contributed by atoms with Gasteiger partial charge in [0.05, 0.1) is 17.7 Å². The molecule has 1 amide bonds.